The number of amides is 1. The van der Waals surface area contributed by atoms with Gasteiger partial charge in [-0.15, -0.1) is 0 Å². The molecule has 28 heavy (non-hydrogen) atoms. The van der Waals surface area contributed by atoms with Crippen LogP contribution in [0, 0.1) is 0 Å². The SMILES string of the molecule is CCc1cnc2c(NC(=O)c3c(Cl)cccc3Cl)cccc2c1CCN(C)C. The van der Waals surface area contributed by atoms with E-state index in [1.54, 1.807) is 18.2 Å². The molecule has 1 N–H and O–H groups in total. The normalized spacial score (nSPS) is 11.2. The van der Waals surface area contributed by atoms with Gasteiger partial charge in [0.15, 0.2) is 0 Å². The van der Waals surface area contributed by atoms with E-state index in [1.807, 2.05) is 18.3 Å². The highest BCUT2D eigenvalue weighted by Gasteiger charge is 2.17. The lowest BCUT2D eigenvalue weighted by molar-refractivity contribution is 0.102. The lowest BCUT2D eigenvalue weighted by Gasteiger charge is -2.16. The number of carbonyl (C=O) groups is 1. The summed E-state index contributed by atoms with van der Waals surface area (Å²) in [7, 11) is 4.13. The van der Waals surface area contributed by atoms with Crippen LogP contribution in [0.4, 0.5) is 5.69 Å². The second-order valence-corrected chi connectivity index (χ2v) is 7.74. The van der Waals surface area contributed by atoms with Crippen molar-refractivity contribution in [2.45, 2.75) is 19.8 Å². The average Bonchev–Trinajstić information content (AvgIpc) is 2.66. The number of para-hydroxylation sites is 1. The molecule has 0 aliphatic carbocycles. The molecule has 3 aromatic rings. The van der Waals surface area contributed by atoms with E-state index in [2.05, 4.69) is 42.3 Å². The summed E-state index contributed by atoms with van der Waals surface area (Å²) in [5.74, 6) is -0.348. The maximum absolute atomic E-state index is 12.8. The number of benzene rings is 2. The molecule has 0 bridgehead atoms. The first-order valence-corrected chi connectivity index (χ1v) is 9.97. The zero-order valence-corrected chi connectivity index (χ0v) is 17.7. The number of hydrogen-bond acceptors (Lipinski definition) is 3. The Labute approximate surface area is 175 Å². The molecular weight excluding hydrogens is 393 g/mol. The number of nitrogens with zero attached hydrogens (tertiary/aromatic N) is 2. The highest BCUT2D eigenvalue weighted by molar-refractivity contribution is 6.40. The summed E-state index contributed by atoms with van der Waals surface area (Å²) in [5.41, 5.74) is 4.18. The molecule has 0 saturated heterocycles. The van der Waals surface area contributed by atoms with Crippen molar-refractivity contribution in [3.63, 3.8) is 0 Å². The smallest absolute Gasteiger partial charge is 0.258 e. The van der Waals surface area contributed by atoms with Crippen LogP contribution < -0.4 is 5.32 Å². The molecule has 0 atom stereocenters. The number of nitrogens with one attached hydrogen (secondary N) is 1. The van der Waals surface area contributed by atoms with Gasteiger partial charge in [0, 0.05) is 18.1 Å². The van der Waals surface area contributed by atoms with Crippen LogP contribution >= 0.6 is 23.2 Å². The topological polar surface area (TPSA) is 45.2 Å². The second kappa shape index (κ2) is 8.91. The summed E-state index contributed by atoms with van der Waals surface area (Å²) in [6.07, 6.45) is 3.74. The highest BCUT2D eigenvalue weighted by Crippen LogP contribution is 2.30. The number of hydrogen-bond donors (Lipinski definition) is 1. The zero-order valence-electron chi connectivity index (χ0n) is 16.2. The van der Waals surface area contributed by atoms with Crippen molar-refractivity contribution >= 4 is 45.7 Å². The molecule has 1 aromatic heterocycles. The number of rotatable bonds is 6. The van der Waals surface area contributed by atoms with Crippen LogP contribution in [0.5, 0.6) is 0 Å². The number of aryl methyl sites for hydroxylation is 1. The van der Waals surface area contributed by atoms with E-state index in [4.69, 9.17) is 23.2 Å². The van der Waals surface area contributed by atoms with Crippen molar-refractivity contribution in [2.75, 3.05) is 26.0 Å². The minimum absolute atomic E-state index is 0.265. The van der Waals surface area contributed by atoms with E-state index in [1.165, 1.54) is 11.1 Å². The van der Waals surface area contributed by atoms with E-state index in [0.717, 1.165) is 30.3 Å². The first kappa shape index (κ1) is 20.6. The zero-order chi connectivity index (χ0) is 20.3. The summed E-state index contributed by atoms with van der Waals surface area (Å²) >= 11 is 12.4. The summed E-state index contributed by atoms with van der Waals surface area (Å²) < 4.78 is 0. The van der Waals surface area contributed by atoms with E-state index < -0.39 is 0 Å². The number of aromatic nitrogens is 1. The highest BCUT2D eigenvalue weighted by atomic mass is 35.5. The van der Waals surface area contributed by atoms with Crippen LogP contribution in [0.2, 0.25) is 10.0 Å². The number of fused-ring (bicyclic) bond motifs is 1. The van der Waals surface area contributed by atoms with Crippen molar-refractivity contribution in [3.05, 3.63) is 69.3 Å². The monoisotopic (exact) mass is 415 g/mol. The van der Waals surface area contributed by atoms with Gasteiger partial charge in [-0.2, -0.15) is 0 Å². The predicted molar refractivity (Wildman–Crippen MR) is 118 cm³/mol. The molecule has 146 valence electrons. The largest absolute Gasteiger partial charge is 0.320 e. The van der Waals surface area contributed by atoms with Crippen LogP contribution in [0.3, 0.4) is 0 Å². The molecule has 0 spiro atoms. The van der Waals surface area contributed by atoms with E-state index in [9.17, 15) is 4.79 Å². The molecule has 0 aliphatic rings. The van der Waals surface area contributed by atoms with Crippen LogP contribution in [-0.2, 0) is 12.8 Å². The molecule has 0 aliphatic heterocycles. The number of carbonyl (C=O) groups excluding carboxylic acids is 1. The van der Waals surface area contributed by atoms with Crippen LogP contribution in [0.1, 0.15) is 28.4 Å². The summed E-state index contributed by atoms with van der Waals surface area (Å²) in [5, 5.41) is 4.63. The van der Waals surface area contributed by atoms with Gasteiger partial charge >= 0.3 is 0 Å². The number of likely N-dealkylation sites (N-methyl/N-ethyl adjacent to an activating group) is 1. The quantitative estimate of drug-likeness (QED) is 0.580. The minimum Gasteiger partial charge on any atom is -0.320 e. The van der Waals surface area contributed by atoms with Crippen molar-refractivity contribution < 1.29 is 4.79 Å². The first-order valence-electron chi connectivity index (χ1n) is 9.22. The molecule has 0 unspecified atom stereocenters. The third kappa shape index (κ3) is 4.30. The number of halogens is 2. The minimum atomic E-state index is -0.348. The van der Waals surface area contributed by atoms with Crippen LogP contribution in [-0.4, -0.2) is 36.4 Å². The Balaban J connectivity index is 2.03. The van der Waals surface area contributed by atoms with Crippen molar-refractivity contribution in [1.82, 2.24) is 9.88 Å². The molecule has 0 saturated carbocycles. The average molecular weight is 416 g/mol. The Hall–Kier alpha value is -2.14. The molecule has 1 heterocycles. The summed E-state index contributed by atoms with van der Waals surface area (Å²) in [6.45, 7) is 3.07. The van der Waals surface area contributed by atoms with Crippen molar-refractivity contribution in [1.29, 1.82) is 0 Å². The second-order valence-electron chi connectivity index (χ2n) is 6.92. The van der Waals surface area contributed by atoms with Crippen LogP contribution in [0.15, 0.2) is 42.6 Å². The molecule has 3 rings (SSSR count). The van der Waals surface area contributed by atoms with Crippen molar-refractivity contribution in [2.24, 2.45) is 0 Å². The number of anilines is 1. The van der Waals surface area contributed by atoms with Crippen molar-refractivity contribution in [3.8, 4) is 0 Å². The van der Waals surface area contributed by atoms with Gasteiger partial charge < -0.3 is 10.2 Å². The number of pyridine rings is 1. The van der Waals surface area contributed by atoms with Crippen LogP contribution in [0.25, 0.3) is 10.9 Å². The summed E-state index contributed by atoms with van der Waals surface area (Å²) in [6, 6.07) is 10.9. The summed E-state index contributed by atoms with van der Waals surface area (Å²) in [4.78, 5) is 19.6. The maximum atomic E-state index is 12.8. The first-order chi connectivity index (χ1) is 13.4. The molecular formula is C22H23Cl2N3O. The van der Waals surface area contributed by atoms with Gasteiger partial charge in [0.05, 0.1) is 26.8 Å². The van der Waals surface area contributed by atoms with Gasteiger partial charge in [0.2, 0.25) is 0 Å². The Kier molecular flexibility index (Phi) is 6.55. The Morgan fingerprint density at radius 2 is 1.79 bits per heavy atom. The fraction of sp³-hybridized carbons (Fsp3) is 0.273. The van der Waals surface area contributed by atoms with Gasteiger partial charge in [-0.3, -0.25) is 9.78 Å². The fourth-order valence-electron chi connectivity index (χ4n) is 3.26. The Morgan fingerprint density at radius 1 is 1.11 bits per heavy atom. The van der Waals surface area contributed by atoms with E-state index in [0.29, 0.717) is 15.7 Å². The lowest BCUT2D eigenvalue weighted by Crippen LogP contribution is -2.16. The Morgan fingerprint density at radius 3 is 2.43 bits per heavy atom. The van der Waals surface area contributed by atoms with Gasteiger partial charge in [-0.25, -0.2) is 0 Å². The van der Waals surface area contributed by atoms with Gasteiger partial charge in [-0.1, -0.05) is 48.3 Å². The molecule has 4 nitrogen and oxygen atoms in total. The third-order valence-electron chi connectivity index (χ3n) is 4.73. The maximum Gasteiger partial charge on any atom is 0.258 e. The third-order valence-corrected chi connectivity index (χ3v) is 5.36. The van der Waals surface area contributed by atoms with Gasteiger partial charge in [-0.05, 0) is 56.3 Å². The molecule has 6 heteroatoms. The lowest BCUT2D eigenvalue weighted by atomic mass is 9.98. The molecule has 2 aromatic carbocycles. The molecule has 0 fully saturated rings. The molecule has 0 radical (unpaired) electrons. The fourth-order valence-corrected chi connectivity index (χ4v) is 3.82. The van der Waals surface area contributed by atoms with Gasteiger partial charge in [0.1, 0.15) is 0 Å². The predicted octanol–water partition coefficient (Wildman–Crippen LogP) is 5.46. The van der Waals surface area contributed by atoms with E-state index >= 15 is 0 Å². The molecule has 1 amide bonds. The van der Waals surface area contributed by atoms with E-state index in [-0.39, 0.29) is 11.5 Å². The Bertz CT molecular complexity index is 998. The van der Waals surface area contributed by atoms with Gasteiger partial charge in [0.25, 0.3) is 5.91 Å². The standard InChI is InChI=1S/C22H23Cl2N3O/c1-4-14-13-25-21-16(15(14)11-12-27(2)3)7-5-10-19(21)26-22(28)20-17(23)8-6-9-18(20)24/h5-10,13H,4,11-12H2,1-3H3,(H,26,28).